The first-order valence-electron chi connectivity index (χ1n) is 9.59. The summed E-state index contributed by atoms with van der Waals surface area (Å²) in [6, 6.07) is 12.7. The van der Waals surface area contributed by atoms with E-state index < -0.39 is 15.9 Å². The molecule has 0 aromatic heterocycles. The van der Waals surface area contributed by atoms with Crippen LogP contribution in [0.25, 0.3) is 0 Å². The van der Waals surface area contributed by atoms with Gasteiger partial charge in [0.15, 0.2) is 0 Å². The van der Waals surface area contributed by atoms with E-state index in [1.54, 1.807) is 36.4 Å². The Morgan fingerprint density at radius 3 is 2.03 bits per heavy atom. The lowest BCUT2D eigenvalue weighted by molar-refractivity contribution is -0.122. The second-order valence-electron chi connectivity index (χ2n) is 7.43. The fourth-order valence-electron chi connectivity index (χ4n) is 3.23. The molecule has 0 spiro atoms. The number of benzene rings is 2. The summed E-state index contributed by atoms with van der Waals surface area (Å²) in [5, 5.41) is 5.43. The number of carbonyl (C=O) groups is 3. The number of amides is 3. The van der Waals surface area contributed by atoms with Gasteiger partial charge in [0.25, 0.3) is 0 Å². The lowest BCUT2D eigenvalue weighted by atomic mass is 10.1. The Morgan fingerprint density at radius 2 is 1.52 bits per heavy atom. The summed E-state index contributed by atoms with van der Waals surface area (Å²) in [6.07, 6.45) is 0.0631. The summed E-state index contributed by atoms with van der Waals surface area (Å²) >= 11 is 0. The number of hydrogen-bond acceptors (Lipinski definition) is 5. The van der Waals surface area contributed by atoms with Gasteiger partial charge in [0.2, 0.25) is 27.7 Å². The molecule has 9 nitrogen and oxygen atoms in total. The molecule has 0 aliphatic carbocycles. The number of nitrogens with one attached hydrogen (secondary N) is 2. The molecule has 0 radical (unpaired) electrons. The molecule has 1 aliphatic rings. The van der Waals surface area contributed by atoms with E-state index >= 15 is 0 Å². The summed E-state index contributed by atoms with van der Waals surface area (Å²) in [5.41, 5.74) is 1.72. The summed E-state index contributed by atoms with van der Waals surface area (Å²) in [4.78, 5) is 37.8. The molecule has 10 heteroatoms. The Morgan fingerprint density at radius 1 is 0.968 bits per heavy atom. The zero-order valence-corrected chi connectivity index (χ0v) is 18.3. The van der Waals surface area contributed by atoms with Gasteiger partial charge in [0, 0.05) is 51.0 Å². The molecule has 1 aliphatic heterocycles. The van der Waals surface area contributed by atoms with E-state index in [0.29, 0.717) is 17.1 Å². The molecule has 2 aromatic rings. The highest BCUT2D eigenvalue weighted by Crippen LogP contribution is 2.27. The molecule has 2 aromatic carbocycles. The van der Waals surface area contributed by atoms with Gasteiger partial charge in [-0.05, 0) is 48.5 Å². The van der Waals surface area contributed by atoms with Crippen molar-refractivity contribution in [2.24, 2.45) is 5.92 Å². The monoisotopic (exact) mass is 444 g/mol. The second kappa shape index (κ2) is 8.86. The van der Waals surface area contributed by atoms with Crippen molar-refractivity contribution >= 4 is 44.8 Å². The van der Waals surface area contributed by atoms with E-state index in [4.69, 9.17) is 0 Å². The topological polar surface area (TPSA) is 116 Å². The predicted octanol–water partition coefficient (Wildman–Crippen LogP) is 1.89. The summed E-state index contributed by atoms with van der Waals surface area (Å²) < 4.78 is 25.5. The van der Waals surface area contributed by atoms with Gasteiger partial charge in [-0.2, -0.15) is 0 Å². The Bertz CT molecular complexity index is 1100. The number of nitrogens with zero attached hydrogens (tertiary/aromatic N) is 2. The van der Waals surface area contributed by atoms with Gasteiger partial charge >= 0.3 is 0 Å². The van der Waals surface area contributed by atoms with Crippen LogP contribution in [0.5, 0.6) is 0 Å². The van der Waals surface area contributed by atoms with Crippen LogP contribution in [0, 0.1) is 5.92 Å². The highest BCUT2D eigenvalue weighted by atomic mass is 32.2. The van der Waals surface area contributed by atoms with Crippen molar-refractivity contribution in [3.63, 3.8) is 0 Å². The van der Waals surface area contributed by atoms with Crippen LogP contribution in [0.3, 0.4) is 0 Å². The van der Waals surface area contributed by atoms with Gasteiger partial charge in [0.1, 0.15) is 0 Å². The minimum atomic E-state index is -3.56. The highest BCUT2D eigenvalue weighted by molar-refractivity contribution is 7.89. The van der Waals surface area contributed by atoms with Gasteiger partial charge in [-0.3, -0.25) is 14.4 Å². The van der Waals surface area contributed by atoms with Crippen molar-refractivity contribution in [2.45, 2.75) is 18.2 Å². The molecule has 1 saturated heterocycles. The normalized spacial score (nSPS) is 16.5. The summed E-state index contributed by atoms with van der Waals surface area (Å²) in [7, 11) is -0.660. The van der Waals surface area contributed by atoms with E-state index in [9.17, 15) is 22.8 Å². The van der Waals surface area contributed by atoms with Crippen LogP contribution in [0.15, 0.2) is 53.4 Å². The molecule has 164 valence electrons. The molecule has 0 bridgehead atoms. The van der Waals surface area contributed by atoms with Gasteiger partial charge in [0.05, 0.1) is 10.8 Å². The van der Waals surface area contributed by atoms with Crippen LogP contribution in [0.2, 0.25) is 0 Å². The summed E-state index contributed by atoms with van der Waals surface area (Å²) in [6.45, 7) is 1.61. The molecular weight excluding hydrogens is 420 g/mol. The second-order valence-corrected chi connectivity index (χ2v) is 9.59. The fourth-order valence-corrected chi connectivity index (χ4v) is 4.13. The highest BCUT2D eigenvalue weighted by Gasteiger charge is 2.35. The van der Waals surface area contributed by atoms with E-state index in [0.717, 1.165) is 4.31 Å². The number of sulfonamides is 1. The van der Waals surface area contributed by atoms with Crippen molar-refractivity contribution in [1.29, 1.82) is 0 Å². The molecule has 3 amide bonds. The molecule has 0 unspecified atom stereocenters. The summed E-state index contributed by atoms with van der Waals surface area (Å²) in [5.74, 6) is -1.21. The van der Waals surface area contributed by atoms with E-state index in [1.165, 1.54) is 38.1 Å². The predicted molar refractivity (Wildman–Crippen MR) is 117 cm³/mol. The van der Waals surface area contributed by atoms with E-state index in [1.807, 2.05) is 0 Å². The van der Waals surface area contributed by atoms with Crippen LogP contribution in [0.1, 0.15) is 13.3 Å². The molecule has 1 atom stereocenters. The first-order chi connectivity index (χ1) is 14.6. The average Bonchev–Trinajstić information content (AvgIpc) is 3.11. The Labute approximate surface area is 181 Å². The van der Waals surface area contributed by atoms with Crippen molar-refractivity contribution in [1.82, 2.24) is 4.31 Å². The average molecular weight is 445 g/mol. The van der Waals surface area contributed by atoms with Crippen molar-refractivity contribution < 1.29 is 22.8 Å². The zero-order valence-electron chi connectivity index (χ0n) is 17.5. The number of anilines is 3. The largest absolute Gasteiger partial charge is 0.326 e. The van der Waals surface area contributed by atoms with Crippen LogP contribution in [0.4, 0.5) is 17.1 Å². The Balaban J connectivity index is 1.65. The molecule has 31 heavy (non-hydrogen) atoms. The van der Waals surface area contributed by atoms with Gasteiger partial charge in [-0.15, -0.1) is 0 Å². The molecule has 2 N–H and O–H groups in total. The standard InChI is InChI=1S/C21H24N4O5S/c1-14(26)22-16-4-6-17(7-5-16)23-21(28)15-12-20(27)25(13-15)18-8-10-19(11-9-18)31(29,30)24(2)3/h4-11,15H,12-13H2,1-3H3,(H,22,26)(H,23,28)/t15-/m1/s1. The van der Waals surface area contributed by atoms with Crippen LogP contribution >= 0.6 is 0 Å². The minimum Gasteiger partial charge on any atom is -0.326 e. The van der Waals surface area contributed by atoms with Crippen molar-refractivity contribution in [2.75, 3.05) is 36.2 Å². The Hall–Kier alpha value is -3.24. The van der Waals surface area contributed by atoms with Crippen molar-refractivity contribution in [3.8, 4) is 0 Å². The number of hydrogen-bond donors (Lipinski definition) is 2. The van der Waals surface area contributed by atoms with Gasteiger partial charge in [-0.25, -0.2) is 12.7 Å². The fraction of sp³-hybridized carbons (Fsp3) is 0.286. The quantitative estimate of drug-likeness (QED) is 0.706. The van der Waals surface area contributed by atoms with Crippen LogP contribution < -0.4 is 15.5 Å². The molecular formula is C21H24N4O5S. The number of carbonyl (C=O) groups excluding carboxylic acids is 3. The first kappa shape index (κ1) is 22.4. The third-order valence-electron chi connectivity index (χ3n) is 4.90. The maximum absolute atomic E-state index is 12.6. The van der Waals surface area contributed by atoms with Gasteiger partial charge < -0.3 is 15.5 Å². The zero-order chi connectivity index (χ0) is 22.8. The first-order valence-corrected chi connectivity index (χ1v) is 11.0. The molecule has 1 fully saturated rings. The maximum atomic E-state index is 12.6. The minimum absolute atomic E-state index is 0.0631. The third-order valence-corrected chi connectivity index (χ3v) is 6.72. The lowest BCUT2D eigenvalue weighted by Gasteiger charge is -2.18. The van der Waals surface area contributed by atoms with Gasteiger partial charge in [-0.1, -0.05) is 0 Å². The van der Waals surface area contributed by atoms with Crippen LogP contribution in [-0.4, -0.2) is 51.1 Å². The van der Waals surface area contributed by atoms with E-state index in [-0.39, 0.29) is 35.6 Å². The maximum Gasteiger partial charge on any atom is 0.242 e. The molecule has 3 rings (SSSR count). The van der Waals surface area contributed by atoms with E-state index in [2.05, 4.69) is 10.6 Å². The third kappa shape index (κ3) is 5.09. The Kier molecular flexibility index (Phi) is 6.42. The van der Waals surface area contributed by atoms with Crippen LogP contribution in [-0.2, 0) is 24.4 Å². The lowest BCUT2D eigenvalue weighted by Crippen LogP contribution is -2.28. The SMILES string of the molecule is CC(=O)Nc1ccc(NC(=O)[C@@H]2CC(=O)N(c3ccc(S(=O)(=O)N(C)C)cc3)C2)cc1. The van der Waals surface area contributed by atoms with Crippen molar-refractivity contribution in [3.05, 3.63) is 48.5 Å². The smallest absolute Gasteiger partial charge is 0.242 e. The molecule has 1 heterocycles. The molecule has 0 saturated carbocycles. The number of rotatable bonds is 6.